The minimum absolute atomic E-state index is 0.120. The van der Waals surface area contributed by atoms with Crippen LogP contribution in [0.5, 0.6) is 5.75 Å². The molecule has 2 aliphatic rings. The molecule has 1 aliphatic carbocycles. The molecule has 1 heterocycles. The summed E-state index contributed by atoms with van der Waals surface area (Å²) in [5, 5.41) is 0. The summed E-state index contributed by atoms with van der Waals surface area (Å²) in [6.07, 6.45) is -1.76. The lowest BCUT2D eigenvalue weighted by Crippen LogP contribution is -2.48. The van der Waals surface area contributed by atoms with E-state index in [2.05, 4.69) is 11.0 Å². The first-order valence-corrected chi connectivity index (χ1v) is 12.6. The molecule has 0 atom stereocenters. The van der Waals surface area contributed by atoms with Gasteiger partial charge < -0.3 is 4.74 Å². The van der Waals surface area contributed by atoms with Gasteiger partial charge in [0, 0.05) is 31.7 Å². The van der Waals surface area contributed by atoms with Crippen molar-refractivity contribution in [1.29, 1.82) is 0 Å². The summed E-state index contributed by atoms with van der Waals surface area (Å²) >= 11 is 0. The fraction of sp³-hybridized carbons (Fsp3) is 0.500. The molecule has 9 heteroatoms. The number of benzene rings is 2. The molecule has 1 saturated heterocycles. The van der Waals surface area contributed by atoms with Crippen LogP contribution >= 0.6 is 0 Å². The summed E-state index contributed by atoms with van der Waals surface area (Å²) in [7, 11) is -2.36. The molecule has 2 aromatic rings. The number of likely N-dealkylation sites (tertiary alicyclic amines) is 1. The first-order valence-electron chi connectivity index (χ1n) is 11.2. The molecule has 33 heavy (non-hydrogen) atoms. The monoisotopic (exact) mass is 482 g/mol. The van der Waals surface area contributed by atoms with Gasteiger partial charge in [-0.2, -0.15) is 17.5 Å². The fourth-order valence-electron chi connectivity index (χ4n) is 4.60. The van der Waals surface area contributed by atoms with Crippen LogP contribution in [0.25, 0.3) is 0 Å². The maximum Gasteiger partial charge on any atom is 0.416 e. The van der Waals surface area contributed by atoms with Crippen molar-refractivity contribution in [2.24, 2.45) is 0 Å². The van der Waals surface area contributed by atoms with E-state index < -0.39 is 21.8 Å². The van der Waals surface area contributed by atoms with Gasteiger partial charge in [0.1, 0.15) is 5.75 Å². The van der Waals surface area contributed by atoms with Crippen LogP contribution in [-0.2, 0) is 22.7 Å². The van der Waals surface area contributed by atoms with Crippen LogP contribution in [0.1, 0.15) is 42.4 Å². The van der Waals surface area contributed by atoms with Crippen molar-refractivity contribution in [3.05, 3.63) is 59.2 Å². The Labute approximate surface area is 193 Å². The number of methoxy groups -OCH3 is 1. The highest BCUT2D eigenvalue weighted by Crippen LogP contribution is 2.38. The maximum atomic E-state index is 13.4. The number of alkyl halides is 3. The van der Waals surface area contributed by atoms with E-state index in [1.807, 2.05) is 19.1 Å². The van der Waals surface area contributed by atoms with Crippen LogP contribution in [0, 0.1) is 6.92 Å². The van der Waals surface area contributed by atoms with Crippen molar-refractivity contribution in [2.75, 3.05) is 20.2 Å². The first kappa shape index (κ1) is 24.0. The van der Waals surface area contributed by atoms with Crippen molar-refractivity contribution in [1.82, 2.24) is 9.21 Å². The predicted molar refractivity (Wildman–Crippen MR) is 120 cm³/mol. The van der Waals surface area contributed by atoms with Crippen molar-refractivity contribution >= 4 is 10.0 Å². The van der Waals surface area contributed by atoms with E-state index in [4.69, 9.17) is 4.74 Å². The topological polar surface area (TPSA) is 49.9 Å². The van der Waals surface area contributed by atoms with Gasteiger partial charge in [-0.1, -0.05) is 18.2 Å². The highest BCUT2D eigenvalue weighted by molar-refractivity contribution is 7.89. The summed E-state index contributed by atoms with van der Waals surface area (Å²) < 4.78 is 73.1. The molecule has 1 aliphatic heterocycles. The minimum atomic E-state index is -4.58. The average molecular weight is 483 g/mol. The van der Waals surface area contributed by atoms with Gasteiger partial charge in [-0.15, -0.1) is 0 Å². The molecule has 180 valence electrons. The van der Waals surface area contributed by atoms with Crippen molar-refractivity contribution < 1.29 is 26.3 Å². The van der Waals surface area contributed by atoms with Gasteiger partial charge in [0.2, 0.25) is 10.0 Å². The van der Waals surface area contributed by atoms with E-state index in [9.17, 15) is 21.6 Å². The Morgan fingerprint density at radius 2 is 1.70 bits per heavy atom. The number of sulfonamides is 1. The van der Waals surface area contributed by atoms with E-state index in [0.717, 1.165) is 55.9 Å². The Bertz CT molecular complexity index is 1090. The Morgan fingerprint density at radius 3 is 2.27 bits per heavy atom. The van der Waals surface area contributed by atoms with Crippen LogP contribution in [-0.4, -0.2) is 49.9 Å². The summed E-state index contributed by atoms with van der Waals surface area (Å²) in [4.78, 5) is 2.01. The third-order valence-corrected chi connectivity index (χ3v) is 8.43. The van der Waals surface area contributed by atoms with Gasteiger partial charge in [0.05, 0.1) is 17.6 Å². The van der Waals surface area contributed by atoms with Gasteiger partial charge in [-0.3, -0.25) is 4.90 Å². The lowest BCUT2D eigenvalue weighted by Gasteiger charge is -2.38. The van der Waals surface area contributed by atoms with E-state index in [1.54, 1.807) is 7.11 Å². The number of hydrogen-bond donors (Lipinski definition) is 0. The molecule has 0 bridgehead atoms. The highest BCUT2D eigenvalue weighted by atomic mass is 32.2. The number of nitrogens with zero attached hydrogens (tertiary/aromatic N) is 2. The standard InChI is InChI=1S/C24H29F3N2O3S/c1-17-14-18(6-9-23(17)32-2)16-28-12-10-21(11-13-28)29(20-7-8-20)33(30,31)22-5-3-4-19(15-22)24(25,26)27/h3-6,9,14-15,20-21H,7-8,10-13,16H2,1-2H3. The second kappa shape index (κ2) is 9.27. The SMILES string of the molecule is COc1ccc(CN2CCC(N(C3CC3)S(=O)(=O)c3cccc(C(F)(F)F)c3)CC2)cc1C. The van der Waals surface area contributed by atoms with Crippen molar-refractivity contribution in [3.8, 4) is 5.75 Å². The number of hydrogen-bond acceptors (Lipinski definition) is 4. The second-order valence-corrected chi connectivity index (χ2v) is 10.7. The number of aryl methyl sites for hydroxylation is 1. The third-order valence-electron chi connectivity index (χ3n) is 6.43. The summed E-state index contributed by atoms with van der Waals surface area (Å²) in [6.45, 7) is 4.23. The smallest absolute Gasteiger partial charge is 0.416 e. The lowest BCUT2D eigenvalue weighted by atomic mass is 10.0. The normalized spacial score (nSPS) is 18.6. The van der Waals surface area contributed by atoms with Gasteiger partial charge in [0.25, 0.3) is 0 Å². The predicted octanol–water partition coefficient (Wildman–Crippen LogP) is 4.84. The first-order chi connectivity index (χ1) is 15.6. The van der Waals surface area contributed by atoms with Gasteiger partial charge in [0.15, 0.2) is 0 Å². The molecule has 0 N–H and O–H groups in total. The Kier molecular flexibility index (Phi) is 6.75. The number of halogens is 3. The molecular formula is C24H29F3N2O3S. The van der Waals surface area contributed by atoms with Gasteiger partial charge >= 0.3 is 6.18 Å². The highest BCUT2D eigenvalue weighted by Gasteiger charge is 2.44. The zero-order chi connectivity index (χ0) is 23.8. The molecule has 2 fully saturated rings. The molecule has 5 nitrogen and oxygen atoms in total. The largest absolute Gasteiger partial charge is 0.496 e. The van der Waals surface area contributed by atoms with Crippen LogP contribution in [0.3, 0.4) is 0 Å². The minimum Gasteiger partial charge on any atom is -0.496 e. The number of rotatable bonds is 7. The molecule has 1 saturated carbocycles. The molecule has 0 spiro atoms. The zero-order valence-corrected chi connectivity index (χ0v) is 19.6. The molecule has 4 rings (SSSR count). The lowest BCUT2D eigenvalue weighted by molar-refractivity contribution is -0.137. The summed E-state index contributed by atoms with van der Waals surface area (Å²) in [5.74, 6) is 0.845. The molecule has 0 radical (unpaired) electrons. The molecule has 0 aromatic heterocycles. The Morgan fingerprint density at radius 1 is 1.03 bits per heavy atom. The molecule has 2 aromatic carbocycles. The van der Waals surface area contributed by atoms with Crippen LogP contribution < -0.4 is 4.74 Å². The molecule has 0 unspecified atom stereocenters. The fourth-order valence-corrected chi connectivity index (χ4v) is 6.58. The molecule has 0 amide bonds. The van der Waals surface area contributed by atoms with Crippen LogP contribution in [0.15, 0.2) is 47.4 Å². The van der Waals surface area contributed by atoms with E-state index >= 15 is 0 Å². The summed E-state index contributed by atoms with van der Waals surface area (Å²) in [5.41, 5.74) is 1.29. The van der Waals surface area contributed by atoms with E-state index in [0.29, 0.717) is 12.8 Å². The van der Waals surface area contributed by atoms with Crippen molar-refractivity contribution in [2.45, 2.75) is 62.3 Å². The molecular weight excluding hydrogens is 453 g/mol. The number of ether oxygens (including phenoxy) is 1. The van der Waals surface area contributed by atoms with Gasteiger partial charge in [-0.25, -0.2) is 8.42 Å². The van der Waals surface area contributed by atoms with E-state index in [1.165, 1.54) is 22.0 Å². The number of piperidine rings is 1. The van der Waals surface area contributed by atoms with Crippen LogP contribution in [0.4, 0.5) is 13.2 Å². The quantitative estimate of drug-likeness (QED) is 0.567. The average Bonchev–Trinajstić information content (AvgIpc) is 3.59. The van der Waals surface area contributed by atoms with Gasteiger partial charge in [-0.05, 0) is 68.0 Å². The van der Waals surface area contributed by atoms with Crippen LogP contribution in [0.2, 0.25) is 0 Å². The maximum absolute atomic E-state index is 13.4. The van der Waals surface area contributed by atoms with E-state index in [-0.39, 0.29) is 17.0 Å². The summed E-state index contributed by atoms with van der Waals surface area (Å²) in [6, 6.07) is 9.85. The Hall–Kier alpha value is -2.10. The Balaban J connectivity index is 1.46. The van der Waals surface area contributed by atoms with Crippen molar-refractivity contribution in [3.63, 3.8) is 0 Å². The third kappa shape index (κ3) is 5.36. The second-order valence-electron chi connectivity index (χ2n) is 8.90. The zero-order valence-electron chi connectivity index (χ0n) is 18.8.